The molecule has 0 aliphatic heterocycles. The van der Waals surface area contributed by atoms with Crippen molar-refractivity contribution in [3.05, 3.63) is 0 Å². The van der Waals surface area contributed by atoms with Gasteiger partial charge in [-0.2, -0.15) is 0 Å². The van der Waals surface area contributed by atoms with Gasteiger partial charge in [0.05, 0.1) is 0 Å². The maximum atomic E-state index is 0. The summed E-state index contributed by atoms with van der Waals surface area (Å²) >= 11 is 0. The van der Waals surface area contributed by atoms with Crippen molar-refractivity contribution >= 4 is 0 Å². The van der Waals surface area contributed by atoms with E-state index < -0.39 is 0 Å². The zero-order valence-corrected chi connectivity index (χ0v) is 4.87. The monoisotopic (exact) mass is 180 g/mol. The summed E-state index contributed by atoms with van der Waals surface area (Å²) in [6.07, 6.45) is 0. The molecule has 0 aliphatic carbocycles. The maximum Gasteiger partial charge on any atom is 2.00 e. The van der Waals surface area contributed by atoms with E-state index in [0.29, 0.717) is 0 Å². The van der Waals surface area contributed by atoms with Crippen LogP contribution in [0.3, 0.4) is 0 Å². The van der Waals surface area contributed by atoms with Crippen molar-refractivity contribution < 1.29 is 55.4 Å². The Morgan fingerprint density at radius 3 is 0.375 bits per heavy atom. The molecule has 0 spiro atoms. The first-order chi connectivity index (χ1) is 0. The fraction of sp³-hybridized carbons (Fsp3) is 0. The van der Waals surface area contributed by atoms with E-state index in [0.717, 1.165) is 0 Å². The van der Waals surface area contributed by atoms with Crippen LogP contribution in [0.2, 0.25) is 0 Å². The molecule has 0 heterocycles. The Hall–Kier alpha value is 0.239. The van der Waals surface area contributed by atoms with Crippen LogP contribution in [0.15, 0.2) is 0 Å². The fourth-order valence-corrected chi connectivity index (χ4v) is 0. The van der Waals surface area contributed by atoms with Gasteiger partial charge in [-0.15, -0.1) is 0 Å². The molecular weight excluding hydrogens is 168 g/mol. The molecule has 0 amide bonds. The van der Waals surface area contributed by atoms with E-state index in [1.165, 1.54) is 0 Å². The molecule has 0 aliphatic rings. The molecule has 8 heavy (non-hydrogen) atoms. The van der Waals surface area contributed by atoms with E-state index in [-0.39, 0.29) is 55.4 Å². The van der Waals surface area contributed by atoms with Crippen molar-refractivity contribution in [2.75, 3.05) is 0 Å². The minimum absolute atomic E-state index is 0. The van der Waals surface area contributed by atoms with Gasteiger partial charge in [0.15, 0.2) is 0 Å². The van der Waals surface area contributed by atoms with Crippen molar-refractivity contribution in [2.45, 2.75) is 0 Å². The van der Waals surface area contributed by atoms with Crippen LogP contribution in [0.4, 0.5) is 0 Å². The first kappa shape index (κ1) is 7530. The van der Waals surface area contributed by atoms with E-state index in [4.69, 9.17) is 0 Å². The molecule has 0 rings (SSSR count). The van der Waals surface area contributed by atoms with Gasteiger partial charge < -0.3 is 38.3 Å². The normalized spacial score (nSPS) is 0. The summed E-state index contributed by atoms with van der Waals surface area (Å²) in [7, 11) is 0. The average molecular weight is 180 g/mol. The second-order valence-corrected chi connectivity index (χ2v) is 0. The number of rotatable bonds is 0. The molecular formula is H12FeO7. The smallest absolute Gasteiger partial charge is 2.00 e. The third kappa shape index (κ3) is 2990. The third-order valence-electron chi connectivity index (χ3n) is 0. The topological polar surface area (TPSA) is 218 Å². The van der Waals surface area contributed by atoms with E-state index in [1.807, 2.05) is 0 Å². The van der Waals surface area contributed by atoms with Crippen molar-refractivity contribution in [1.29, 1.82) is 0 Å². The van der Waals surface area contributed by atoms with E-state index in [9.17, 15) is 0 Å². The molecule has 8 heteroatoms. The third-order valence-corrected chi connectivity index (χ3v) is 0. The van der Waals surface area contributed by atoms with Crippen LogP contribution in [0.1, 0.15) is 0 Å². The molecule has 0 saturated heterocycles. The van der Waals surface area contributed by atoms with Gasteiger partial charge >= 0.3 is 17.1 Å². The van der Waals surface area contributed by atoms with Gasteiger partial charge in [-0.1, -0.05) is 0 Å². The number of hydrogen-bond acceptors (Lipinski definition) is 0. The molecule has 7 nitrogen and oxygen atoms in total. The molecule has 0 unspecified atom stereocenters. The summed E-state index contributed by atoms with van der Waals surface area (Å²) in [4.78, 5) is 0. The Kier molecular flexibility index (Phi) is 4630000. The summed E-state index contributed by atoms with van der Waals surface area (Å²) in [5.74, 6) is 0. The van der Waals surface area contributed by atoms with Crippen molar-refractivity contribution in [3.63, 3.8) is 0 Å². The average Bonchev–Trinajstić information content (AvgIpc) is 0. The summed E-state index contributed by atoms with van der Waals surface area (Å²) in [5, 5.41) is 0. The Bertz CT molecular complexity index is 4.35. The van der Waals surface area contributed by atoms with Gasteiger partial charge in [-0.05, 0) is 0 Å². The quantitative estimate of drug-likeness (QED) is 0.319. The number of hydrogen-bond donors (Lipinski definition) is 0. The van der Waals surface area contributed by atoms with Gasteiger partial charge in [0, 0.05) is 0 Å². The summed E-state index contributed by atoms with van der Waals surface area (Å²) in [5.41, 5.74) is 0. The molecule has 0 aromatic carbocycles. The first-order valence-corrected chi connectivity index (χ1v) is 0. The zero-order valence-electron chi connectivity index (χ0n) is 3.76. The van der Waals surface area contributed by atoms with Crippen LogP contribution in [0.25, 0.3) is 0 Å². The SMILES string of the molecule is O.O.O.O.O.O.[Fe+2].[O-2]. The second kappa shape index (κ2) is 4910. The van der Waals surface area contributed by atoms with Gasteiger partial charge in [0.2, 0.25) is 0 Å². The van der Waals surface area contributed by atoms with E-state index in [2.05, 4.69) is 0 Å². The van der Waals surface area contributed by atoms with Gasteiger partial charge in [-0.3, -0.25) is 0 Å². The first-order valence-electron chi connectivity index (χ1n) is 0. The van der Waals surface area contributed by atoms with Crippen LogP contribution in [-0.4, -0.2) is 32.9 Å². The zero-order chi connectivity index (χ0) is 0. The van der Waals surface area contributed by atoms with E-state index >= 15 is 0 Å². The van der Waals surface area contributed by atoms with Crippen LogP contribution in [0.5, 0.6) is 0 Å². The molecule has 0 aromatic rings. The van der Waals surface area contributed by atoms with Crippen LogP contribution >= 0.6 is 0 Å². The van der Waals surface area contributed by atoms with Gasteiger partial charge in [-0.25, -0.2) is 0 Å². The molecule has 0 saturated carbocycles. The Balaban J connectivity index is 0. The van der Waals surface area contributed by atoms with Crippen LogP contribution in [-0.2, 0) is 22.5 Å². The van der Waals surface area contributed by atoms with Gasteiger partial charge in [0.1, 0.15) is 0 Å². The molecule has 0 radical (unpaired) electrons. The molecule has 12 N–H and O–H groups in total. The molecule has 62 valence electrons. The van der Waals surface area contributed by atoms with Crippen LogP contribution < -0.4 is 0 Å². The predicted octanol–water partition coefficient (Wildman–Crippen LogP) is -5.07. The minimum Gasteiger partial charge on any atom is -2.00 e. The van der Waals surface area contributed by atoms with E-state index in [1.54, 1.807) is 0 Å². The van der Waals surface area contributed by atoms with Crippen molar-refractivity contribution in [2.24, 2.45) is 0 Å². The summed E-state index contributed by atoms with van der Waals surface area (Å²) < 4.78 is 0. The van der Waals surface area contributed by atoms with Crippen molar-refractivity contribution in [1.82, 2.24) is 0 Å². The largest absolute Gasteiger partial charge is 2.00 e. The Morgan fingerprint density at radius 2 is 0.375 bits per heavy atom. The molecule has 0 bridgehead atoms. The Morgan fingerprint density at radius 1 is 0.375 bits per heavy atom. The standard InChI is InChI=1S/Fe.6H2O.O/h;6*1H2;/q+2;;;;;;;-2. The summed E-state index contributed by atoms with van der Waals surface area (Å²) in [6, 6.07) is 0. The second-order valence-electron chi connectivity index (χ2n) is 0. The van der Waals surface area contributed by atoms with Gasteiger partial charge in [0.25, 0.3) is 0 Å². The maximum absolute atomic E-state index is 0. The summed E-state index contributed by atoms with van der Waals surface area (Å²) in [6.45, 7) is 0. The molecule has 0 fully saturated rings. The van der Waals surface area contributed by atoms with Crippen LogP contribution in [0, 0.1) is 0 Å². The predicted molar refractivity (Wildman–Crippen MR) is 22.4 cm³/mol. The molecule has 0 atom stereocenters. The fourth-order valence-electron chi connectivity index (χ4n) is 0. The minimum atomic E-state index is 0. The van der Waals surface area contributed by atoms with Crippen molar-refractivity contribution in [3.8, 4) is 0 Å². The molecule has 0 aromatic heterocycles. The Labute approximate surface area is 56.3 Å².